The molecule has 0 rings (SSSR count). The van der Waals surface area contributed by atoms with Crippen molar-refractivity contribution in [2.75, 3.05) is 23.4 Å². The van der Waals surface area contributed by atoms with Gasteiger partial charge in [0, 0.05) is 4.43 Å². The van der Waals surface area contributed by atoms with Gasteiger partial charge in [0.1, 0.15) is 12.3 Å². The lowest BCUT2D eigenvalue weighted by molar-refractivity contribution is -0.108. The minimum Gasteiger partial charge on any atom is -0.358 e. The van der Waals surface area contributed by atoms with Gasteiger partial charge in [0.2, 0.25) is 20.3 Å². The molecule has 2 atom stereocenters. The molecule has 0 radical (unpaired) electrons. The van der Waals surface area contributed by atoms with Crippen molar-refractivity contribution in [1.82, 2.24) is 0 Å². The van der Waals surface area contributed by atoms with Crippen LogP contribution >= 0.6 is 37.3 Å². The molecule has 5 nitrogen and oxygen atoms in total. The molecule has 0 heterocycles. The summed E-state index contributed by atoms with van der Waals surface area (Å²) in [5, 5.41) is 0. The Balaban J connectivity index is 5.46. The van der Waals surface area contributed by atoms with Crippen molar-refractivity contribution < 1.29 is 50.0 Å². The standard InChI is InChI=1S/C7H11F6IO5P2/c8-6(9,10)3-20(15,16)5(19-2-1-14)21(17,18)4-7(11,12)13/h5H,1-4H2,(H,15,16)(H,17,18). The molecule has 0 bridgehead atoms. The van der Waals surface area contributed by atoms with Crippen LogP contribution in [0.4, 0.5) is 26.3 Å². The van der Waals surface area contributed by atoms with E-state index in [1.54, 1.807) is 22.6 Å². The van der Waals surface area contributed by atoms with E-state index in [9.17, 15) is 45.3 Å². The fourth-order valence-electron chi connectivity index (χ4n) is 1.33. The first-order valence-electron chi connectivity index (χ1n) is 5.05. The third-order valence-corrected chi connectivity index (χ3v) is 7.75. The Morgan fingerprint density at radius 3 is 1.52 bits per heavy atom. The van der Waals surface area contributed by atoms with Crippen LogP contribution in [0.1, 0.15) is 0 Å². The molecule has 0 spiro atoms. The van der Waals surface area contributed by atoms with Gasteiger partial charge in [0.15, 0.2) is 0 Å². The SMILES string of the molecule is O=P(O)(CC(F)(F)F)C(OCCI)P(=O)(O)CC(F)(F)F. The van der Waals surface area contributed by atoms with E-state index in [1.807, 2.05) is 0 Å². The summed E-state index contributed by atoms with van der Waals surface area (Å²) >= 11 is 1.62. The molecule has 21 heavy (non-hydrogen) atoms. The average molecular weight is 478 g/mol. The van der Waals surface area contributed by atoms with E-state index >= 15 is 0 Å². The molecular weight excluding hydrogens is 467 g/mol. The van der Waals surface area contributed by atoms with Crippen LogP contribution in [0.5, 0.6) is 0 Å². The lowest BCUT2D eigenvalue weighted by Gasteiger charge is -2.28. The number of hydrogen-bond acceptors (Lipinski definition) is 3. The van der Waals surface area contributed by atoms with E-state index in [1.165, 1.54) is 0 Å². The van der Waals surface area contributed by atoms with Gasteiger partial charge in [-0.3, -0.25) is 9.13 Å². The molecule has 0 fully saturated rings. The van der Waals surface area contributed by atoms with Gasteiger partial charge in [-0.25, -0.2) is 0 Å². The lowest BCUT2D eigenvalue weighted by Crippen LogP contribution is -2.27. The Kier molecular flexibility index (Phi) is 7.71. The minimum absolute atomic E-state index is 0.0340. The maximum Gasteiger partial charge on any atom is 0.398 e. The van der Waals surface area contributed by atoms with Gasteiger partial charge in [-0.2, -0.15) is 26.3 Å². The second-order valence-electron chi connectivity index (χ2n) is 3.94. The molecule has 0 aromatic carbocycles. The Hall–Kier alpha value is 0.650. The van der Waals surface area contributed by atoms with E-state index < -0.39 is 51.6 Å². The molecule has 128 valence electrons. The predicted octanol–water partition coefficient (Wildman–Crippen LogP) is 3.39. The topological polar surface area (TPSA) is 83.8 Å². The third kappa shape index (κ3) is 8.75. The van der Waals surface area contributed by atoms with Gasteiger partial charge in [0.05, 0.1) is 6.61 Å². The molecule has 0 aliphatic rings. The van der Waals surface area contributed by atoms with Crippen LogP contribution in [0.3, 0.4) is 0 Å². The fraction of sp³-hybridized carbons (Fsp3) is 1.00. The molecule has 0 aromatic rings. The van der Waals surface area contributed by atoms with Crippen molar-refractivity contribution in [2.45, 2.75) is 17.9 Å². The molecule has 0 aromatic heterocycles. The Morgan fingerprint density at radius 1 is 0.952 bits per heavy atom. The Bertz CT molecular complexity index is 402. The highest BCUT2D eigenvalue weighted by molar-refractivity contribution is 14.1. The largest absolute Gasteiger partial charge is 0.398 e. The summed E-state index contributed by atoms with van der Waals surface area (Å²) in [6.45, 7) is -0.546. The number of rotatable bonds is 7. The van der Waals surface area contributed by atoms with Gasteiger partial charge in [-0.15, -0.1) is 0 Å². The average Bonchev–Trinajstić information content (AvgIpc) is 2.08. The van der Waals surface area contributed by atoms with E-state index in [-0.39, 0.29) is 4.43 Å². The number of hydrogen-bond donors (Lipinski definition) is 2. The van der Waals surface area contributed by atoms with Gasteiger partial charge in [0.25, 0.3) is 0 Å². The number of alkyl halides is 7. The van der Waals surface area contributed by atoms with Crippen LogP contribution in [0.25, 0.3) is 0 Å². The van der Waals surface area contributed by atoms with Crippen molar-refractivity contribution in [1.29, 1.82) is 0 Å². The number of ether oxygens (including phenoxy) is 1. The summed E-state index contributed by atoms with van der Waals surface area (Å²) in [5.41, 5.74) is -2.93. The monoisotopic (exact) mass is 478 g/mol. The molecule has 2 N–H and O–H groups in total. The number of halogens is 7. The predicted molar refractivity (Wildman–Crippen MR) is 70.1 cm³/mol. The molecule has 0 saturated carbocycles. The maximum absolute atomic E-state index is 12.2. The van der Waals surface area contributed by atoms with Crippen molar-refractivity contribution in [3.8, 4) is 0 Å². The fourth-order valence-corrected chi connectivity index (χ4v) is 6.35. The normalized spacial score (nSPS) is 20.6. The van der Waals surface area contributed by atoms with E-state index in [0.717, 1.165) is 0 Å². The molecule has 14 heteroatoms. The molecule has 0 aliphatic carbocycles. The van der Waals surface area contributed by atoms with E-state index in [2.05, 4.69) is 4.74 Å². The molecular formula is C7H11F6IO5P2. The van der Waals surface area contributed by atoms with Crippen molar-refractivity contribution in [3.05, 3.63) is 0 Å². The first-order chi connectivity index (χ1) is 9.11. The van der Waals surface area contributed by atoms with Crippen LogP contribution in [0.2, 0.25) is 0 Å². The quantitative estimate of drug-likeness (QED) is 0.254. The second-order valence-corrected chi connectivity index (χ2v) is 10.0. The highest BCUT2D eigenvalue weighted by atomic mass is 127. The maximum atomic E-state index is 12.2. The van der Waals surface area contributed by atoms with Crippen LogP contribution in [0, 0.1) is 0 Å². The van der Waals surface area contributed by atoms with Crippen LogP contribution < -0.4 is 0 Å². The van der Waals surface area contributed by atoms with Crippen LogP contribution in [-0.4, -0.2) is 51.1 Å². The smallest absolute Gasteiger partial charge is 0.358 e. The summed E-state index contributed by atoms with van der Waals surface area (Å²) in [6.07, 6.45) is -15.2. The van der Waals surface area contributed by atoms with Gasteiger partial charge in [-0.1, -0.05) is 22.6 Å². The third-order valence-electron chi connectivity index (χ3n) is 1.85. The molecule has 0 saturated heterocycles. The Morgan fingerprint density at radius 2 is 1.29 bits per heavy atom. The van der Waals surface area contributed by atoms with Gasteiger partial charge in [-0.05, 0) is 0 Å². The minimum atomic E-state index is -5.53. The zero-order chi connectivity index (χ0) is 17.1. The van der Waals surface area contributed by atoms with Crippen molar-refractivity contribution >= 4 is 37.3 Å². The zero-order valence-electron chi connectivity index (χ0n) is 10.1. The molecule has 2 unspecified atom stereocenters. The van der Waals surface area contributed by atoms with E-state index in [4.69, 9.17) is 0 Å². The zero-order valence-corrected chi connectivity index (χ0v) is 14.0. The van der Waals surface area contributed by atoms with E-state index in [0.29, 0.717) is 0 Å². The summed E-state index contributed by atoms with van der Waals surface area (Å²) in [4.78, 5) is 18.6. The Labute approximate surface area is 129 Å². The van der Waals surface area contributed by atoms with Crippen molar-refractivity contribution in [2.24, 2.45) is 0 Å². The first-order valence-corrected chi connectivity index (χ1v) is 10.4. The van der Waals surface area contributed by atoms with Gasteiger partial charge < -0.3 is 14.5 Å². The summed E-state index contributed by atoms with van der Waals surface area (Å²) in [5.74, 6) is 0. The second kappa shape index (κ2) is 7.48. The van der Waals surface area contributed by atoms with Crippen LogP contribution in [-0.2, 0) is 13.9 Å². The summed E-state index contributed by atoms with van der Waals surface area (Å²) in [7, 11) is -11.1. The molecule has 0 aliphatic heterocycles. The highest BCUT2D eigenvalue weighted by Gasteiger charge is 2.54. The summed E-state index contributed by atoms with van der Waals surface area (Å²) < 4.78 is 101. The molecule has 0 amide bonds. The summed E-state index contributed by atoms with van der Waals surface area (Å²) in [6, 6.07) is 0. The van der Waals surface area contributed by atoms with Gasteiger partial charge >= 0.3 is 12.4 Å². The van der Waals surface area contributed by atoms with Crippen LogP contribution in [0.15, 0.2) is 0 Å². The first kappa shape index (κ1) is 21.6. The highest BCUT2D eigenvalue weighted by Crippen LogP contribution is 2.67. The lowest BCUT2D eigenvalue weighted by atomic mass is 10.8. The van der Waals surface area contributed by atoms with Crippen molar-refractivity contribution in [3.63, 3.8) is 0 Å².